The first-order chi connectivity index (χ1) is 15.6. The quantitative estimate of drug-likeness (QED) is 0.247. The highest BCUT2D eigenvalue weighted by atomic mass is 32.2. The van der Waals surface area contributed by atoms with Crippen LogP contribution >= 0.6 is 11.8 Å². The number of nitrogens with zero attached hydrogens (tertiary/aromatic N) is 2. The van der Waals surface area contributed by atoms with Crippen LogP contribution in [0.3, 0.4) is 0 Å². The van der Waals surface area contributed by atoms with Crippen molar-refractivity contribution in [3.05, 3.63) is 70.5 Å². The van der Waals surface area contributed by atoms with E-state index in [1.165, 1.54) is 11.8 Å². The molecule has 0 saturated carbocycles. The van der Waals surface area contributed by atoms with E-state index in [-0.39, 0.29) is 23.3 Å². The van der Waals surface area contributed by atoms with Crippen molar-refractivity contribution in [2.45, 2.75) is 50.9 Å². The number of carbonyl (C=O) groups excluding carboxylic acids is 1. The molecule has 6 nitrogen and oxygen atoms in total. The monoisotopic (exact) mass is 453 g/mol. The van der Waals surface area contributed by atoms with Gasteiger partial charge in [-0.2, -0.15) is 0 Å². The van der Waals surface area contributed by atoms with Gasteiger partial charge in [0.05, 0.1) is 22.7 Å². The largest absolute Gasteiger partial charge is 0.382 e. The molecule has 32 heavy (non-hydrogen) atoms. The first kappa shape index (κ1) is 24.0. The number of nitrogens with one attached hydrogen (secondary N) is 1. The van der Waals surface area contributed by atoms with E-state index in [0.29, 0.717) is 42.2 Å². The number of carbonyl (C=O) groups is 1. The molecule has 1 amide bonds. The van der Waals surface area contributed by atoms with E-state index in [1.54, 1.807) is 10.6 Å². The number of hydrogen-bond donors (Lipinski definition) is 1. The van der Waals surface area contributed by atoms with E-state index < -0.39 is 0 Å². The van der Waals surface area contributed by atoms with E-state index in [0.717, 1.165) is 18.4 Å². The summed E-state index contributed by atoms with van der Waals surface area (Å²) in [4.78, 5) is 30.5. The predicted octanol–water partition coefficient (Wildman–Crippen LogP) is 4.57. The molecule has 1 aromatic heterocycles. The number of thioether (sulfide) groups is 1. The Labute approximate surface area is 193 Å². The van der Waals surface area contributed by atoms with Crippen molar-refractivity contribution in [1.82, 2.24) is 14.9 Å². The second kappa shape index (κ2) is 12.4. The van der Waals surface area contributed by atoms with Crippen LogP contribution in [0, 0.1) is 0 Å². The van der Waals surface area contributed by atoms with Gasteiger partial charge in [-0.15, -0.1) is 0 Å². The third kappa shape index (κ3) is 6.43. The smallest absolute Gasteiger partial charge is 0.262 e. The van der Waals surface area contributed by atoms with Gasteiger partial charge in [-0.25, -0.2) is 4.98 Å². The molecule has 0 fully saturated rings. The van der Waals surface area contributed by atoms with Gasteiger partial charge in [0.25, 0.3) is 5.56 Å². The van der Waals surface area contributed by atoms with Gasteiger partial charge in [-0.1, -0.05) is 67.6 Å². The minimum Gasteiger partial charge on any atom is -0.382 e. The van der Waals surface area contributed by atoms with Crippen LogP contribution in [0.2, 0.25) is 0 Å². The Kier molecular flexibility index (Phi) is 9.31. The van der Waals surface area contributed by atoms with Crippen LogP contribution in [0.15, 0.2) is 64.5 Å². The van der Waals surface area contributed by atoms with Gasteiger partial charge < -0.3 is 10.1 Å². The molecule has 1 heterocycles. The molecule has 1 N–H and O–H groups in total. The van der Waals surface area contributed by atoms with Crippen LogP contribution in [-0.4, -0.2) is 34.4 Å². The van der Waals surface area contributed by atoms with Crippen molar-refractivity contribution < 1.29 is 9.53 Å². The first-order valence-corrected chi connectivity index (χ1v) is 12.2. The summed E-state index contributed by atoms with van der Waals surface area (Å²) < 4.78 is 7.09. The van der Waals surface area contributed by atoms with Gasteiger partial charge in [0.1, 0.15) is 0 Å². The lowest BCUT2D eigenvalue weighted by molar-refractivity contribution is -0.119. The normalized spacial score (nSPS) is 12.1. The summed E-state index contributed by atoms with van der Waals surface area (Å²) in [5, 5.41) is 4.29. The summed E-state index contributed by atoms with van der Waals surface area (Å²) in [6.45, 7) is 5.79. The van der Waals surface area contributed by atoms with Gasteiger partial charge in [0.15, 0.2) is 5.16 Å². The van der Waals surface area contributed by atoms with Crippen LogP contribution in [0.1, 0.15) is 44.7 Å². The average molecular weight is 454 g/mol. The number of aromatic nitrogens is 2. The molecule has 1 atom stereocenters. The summed E-state index contributed by atoms with van der Waals surface area (Å²) in [6.07, 6.45) is 2.55. The highest BCUT2D eigenvalue weighted by Crippen LogP contribution is 2.21. The fourth-order valence-electron chi connectivity index (χ4n) is 3.59. The molecule has 0 saturated heterocycles. The molecule has 3 aromatic rings. The Bertz CT molecular complexity index is 1070. The third-order valence-electron chi connectivity index (χ3n) is 5.15. The van der Waals surface area contributed by atoms with Crippen molar-refractivity contribution >= 4 is 28.6 Å². The van der Waals surface area contributed by atoms with Crippen molar-refractivity contribution in [2.24, 2.45) is 0 Å². The molecular weight excluding hydrogens is 422 g/mol. The van der Waals surface area contributed by atoms with Crippen LogP contribution in [0.4, 0.5) is 0 Å². The first-order valence-electron chi connectivity index (χ1n) is 11.2. The number of fused-ring (bicyclic) bond motifs is 1. The SMILES string of the molecule is CCCC(NC(=O)CSc1nc2ccccc2c(=O)n1CCCOCC)c1ccccc1. The lowest BCUT2D eigenvalue weighted by Gasteiger charge is -2.19. The predicted molar refractivity (Wildman–Crippen MR) is 130 cm³/mol. The Balaban J connectivity index is 1.75. The van der Waals surface area contributed by atoms with Gasteiger partial charge in [0, 0.05) is 19.8 Å². The summed E-state index contributed by atoms with van der Waals surface area (Å²) in [7, 11) is 0. The molecule has 0 aliphatic heterocycles. The molecule has 1 unspecified atom stereocenters. The maximum Gasteiger partial charge on any atom is 0.262 e. The Morgan fingerprint density at radius 3 is 2.62 bits per heavy atom. The molecule has 3 rings (SSSR count). The second-order valence-corrected chi connectivity index (χ2v) is 8.47. The Hall–Kier alpha value is -2.64. The lowest BCUT2D eigenvalue weighted by atomic mass is 10.0. The average Bonchev–Trinajstić information content (AvgIpc) is 2.82. The summed E-state index contributed by atoms with van der Waals surface area (Å²) in [5.74, 6) is 0.129. The molecule has 170 valence electrons. The van der Waals surface area contributed by atoms with Crippen LogP contribution in [0.25, 0.3) is 10.9 Å². The second-order valence-electron chi connectivity index (χ2n) is 7.53. The number of hydrogen-bond acceptors (Lipinski definition) is 5. The Morgan fingerprint density at radius 2 is 1.88 bits per heavy atom. The molecule has 0 aliphatic carbocycles. The summed E-state index contributed by atoms with van der Waals surface area (Å²) in [5.41, 5.74) is 1.67. The van der Waals surface area contributed by atoms with E-state index in [9.17, 15) is 9.59 Å². The number of rotatable bonds is 12. The van der Waals surface area contributed by atoms with Crippen molar-refractivity contribution in [3.8, 4) is 0 Å². The van der Waals surface area contributed by atoms with E-state index in [1.807, 2.05) is 55.5 Å². The highest BCUT2D eigenvalue weighted by Gasteiger charge is 2.16. The van der Waals surface area contributed by atoms with E-state index in [4.69, 9.17) is 4.74 Å². The van der Waals surface area contributed by atoms with Gasteiger partial charge in [-0.3, -0.25) is 14.2 Å². The zero-order valence-electron chi connectivity index (χ0n) is 18.8. The van der Waals surface area contributed by atoms with Crippen LogP contribution in [-0.2, 0) is 16.1 Å². The molecule has 0 radical (unpaired) electrons. The van der Waals surface area contributed by atoms with E-state index in [2.05, 4.69) is 17.2 Å². The molecular formula is C25H31N3O3S. The number of para-hydroxylation sites is 1. The van der Waals surface area contributed by atoms with Crippen LogP contribution < -0.4 is 10.9 Å². The minimum absolute atomic E-state index is 0.0211. The zero-order chi connectivity index (χ0) is 22.8. The third-order valence-corrected chi connectivity index (χ3v) is 6.12. The maximum atomic E-state index is 13.1. The molecule has 0 spiro atoms. The van der Waals surface area contributed by atoms with Gasteiger partial charge in [0.2, 0.25) is 5.91 Å². The van der Waals surface area contributed by atoms with Gasteiger partial charge >= 0.3 is 0 Å². The van der Waals surface area contributed by atoms with Crippen molar-refractivity contribution in [1.29, 1.82) is 0 Å². The lowest BCUT2D eigenvalue weighted by Crippen LogP contribution is -2.30. The van der Waals surface area contributed by atoms with Crippen LogP contribution in [0.5, 0.6) is 0 Å². The Morgan fingerprint density at radius 1 is 1.12 bits per heavy atom. The highest BCUT2D eigenvalue weighted by molar-refractivity contribution is 7.99. The minimum atomic E-state index is -0.0804. The summed E-state index contributed by atoms with van der Waals surface area (Å²) >= 11 is 1.30. The maximum absolute atomic E-state index is 13.1. The summed E-state index contributed by atoms with van der Waals surface area (Å²) in [6, 6.07) is 17.3. The number of amides is 1. The standard InChI is InChI=1S/C25H31N3O3S/c1-3-11-21(19-12-6-5-7-13-19)26-23(29)18-32-25-27-22-15-9-8-14-20(22)24(30)28(25)16-10-17-31-4-2/h5-9,12-15,21H,3-4,10-11,16-18H2,1-2H3,(H,26,29). The van der Waals surface area contributed by atoms with Crippen molar-refractivity contribution in [2.75, 3.05) is 19.0 Å². The molecule has 0 aliphatic rings. The topological polar surface area (TPSA) is 73.2 Å². The zero-order valence-corrected chi connectivity index (χ0v) is 19.6. The van der Waals surface area contributed by atoms with Crippen molar-refractivity contribution in [3.63, 3.8) is 0 Å². The molecule has 7 heteroatoms. The van der Waals surface area contributed by atoms with Gasteiger partial charge in [-0.05, 0) is 37.5 Å². The molecule has 2 aromatic carbocycles. The fourth-order valence-corrected chi connectivity index (χ4v) is 4.42. The fraction of sp³-hybridized carbons (Fsp3) is 0.400. The molecule has 0 bridgehead atoms. The number of benzene rings is 2. The van der Waals surface area contributed by atoms with E-state index >= 15 is 0 Å². The number of ether oxygens (including phenoxy) is 1.